The van der Waals surface area contributed by atoms with Crippen molar-refractivity contribution in [2.45, 2.75) is 13.0 Å². The Kier molecular flexibility index (Phi) is 1.58. The Morgan fingerprint density at radius 2 is 1.92 bits per heavy atom. The first kappa shape index (κ1) is 8.16. The number of Topliss-reactive ketones (excluding diaryl/α,β-unsaturated/α-hetero) is 1. The molecular formula is C9H6F2O2. The lowest BCUT2D eigenvalue weighted by Crippen LogP contribution is -2.15. The van der Waals surface area contributed by atoms with Gasteiger partial charge in [0.05, 0.1) is 0 Å². The van der Waals surface area contributed by atoms with Crippen LogP contribution in [0.1, 0.15) is 17.3 Å². The minimum absolute atomic E-state index is 0.266. The van der Waals surface area contributed by atoms with Crippen LogP contribution in [0.2, 0.25) is 0 Å². The van der Waals surface area contributed by atoms with E-state index >= 15 is 0 Å². The number of carbonyl (C=O) groups is 1. The lowest BCUT2D eigenvalue weighted by atomic mass is 10.1. The maximum atomic E-state index is 13.0. The molecule has 1 heterocycles. The van der Waals surface area contributed by atoms with Crippen LogP contribution in [-0.2, 0) is 0 Å². The van der Waals surface area contributed by atoms with Gasteiger partial charge in [0.15, 0.2) is 17.7 Å². The van der Waals surface area contributed by atoms with Crippen LogP contribution in [0.15, 0.2) is 12.1 Å². The van der Waals surface area contributed by atoms with Gasteiger partial charge in [-0.05, 0) is 19.1 Å². The molecule has 68 valence electrons. The second-order valence-corrected chi connectivity index (χ2v) is 2.86. The topological polar surface area (TPSA) is 26.3 Å². The van der Waals surface area contributed by atoms with E-state index in [0.717, 1.165) is 12.1 Å². The van der Waals surface area contributed by atoms with Gasteiger partial charge in [0.1, 0.15) is 11.4 Å². The van der Waals surface area contributed by atoms with Crippen molar-refractivity contribution in [2.24, 2.45) is 0 Å². The molecule has 0 saturated heterocycles. The molecule has 2 rings (SSSR count). The minimum atomic E-state index is -0.790. The maximum absolute atomic E-state index is 13.0. The fourth-order valence-electron chi connectivity index (χ4n) is 1.31. The van der Waals surface area contributed by atoms with Crippen molar-refractivity contribution in [1.29, 1.82) is 0 Å². The standard InChI is InChI=1S/C9H6F2O2/c1-4-8(12)7-5(10)2-3-6(11)9(7)13-4/h2-4H,1H3. The fourth-order valence-corrected chi connectivity index (χ4v) is 1.31. The highest BCUT2D eigenvalue weighted by Crippen LogP contribution is 2.33. The van der Waals surface area contributed by atoms with E-state index in [9.17, 15) is 13.6 Å². The highest BCUT2D eigenvalue weighted by molar-refractivity contribution is 6.04. The number of rotatable bonds is 0. The molecule has 13 heavy (non-hydrogen) atoms. The lowest BCUT2D eigenvalue weighted by Gasteiger charge is -2.01. The Morgan fingerprint density at radius 3 is 2.54 bits per heavy atom. The normalized spacial score (nSPS) is 19.9. The summed E-state index contributed by atoms with van der Waals surface area (Å²) >= 11 is 0. The van der Waals surface area contributed by atoms with Crippen molar-refractivity contribution >= 4 is 5.78 Å². The van der Waals surface area contributed by atoms with E-state index in [4.69, 9.17) is 4.74 Å². The molecule has 1 atom stereocenters. The summed E-state index contributed by atoms with van der Waals surface area (Å²) in [5.74, 6) is -2.20. The Labute approximate surface area is 73.1 Å². The molecule has 1 aliphatic rings. The van der Waals surface area contributed by atoms with Gasteiger partial charge < -0.3 is 4.74 Å². The number of ether oxygens (including phenoxy) is 1. The van der Waals surface area contributed by atoms with E-state index in [1.807, 2.05) is 0 Å². The predicted molar refractivity (Wildman–Crippen MR) is 40.8 cm³/mol. The zero-order valence-corrected chi connectivity index (χ0v) is 6.80. The van der Waals surface area contributed by atoms with Crippen LogP contribution in [0.5, 0.6) is 5.75 Å². The van der Waals surface area contributed by atoms with Crippen molar-refractivity contribution in [3.8, 4) is 5.75 Å². The molecule has 0 spiro atoms. The second kappa shape index (κ2) is 2.52. The van der Waals surface area contributed by atoms with E-state index in [-0.39, 0.29) is 11.3 Å². The summed E-state index contributed by atoms with van der Waals surface area (Å²) in [6, 6.07) is 1.87. The molecule has 2 nitrogen and oxygen atoms in total. The Balaban J connectivity index is 2.68. The molecule has 0 fully saturated rings. The molecular weight excluding hydrogens is 178 g/mol. The molecule has 0 aromatic heterocycles. The molecule has 1 aromatic carbocycles. The van der Waals surface area contributed by atoms with Gasteiger partial charge in [-0.2, -0.15) is 0 Å². The van der Waals surface area contributed by atoms with Crippen molar-refractivity contribution in [1.82, 2.24) is 0 Å². The number of hydrogen-bond acceptors (Lipinski definition) is 2. The Bertz CT molecular complexity index is 387. The predicted octanol–water partition coefficient (Wildman–Crippen LogP) is 1.93. The fraction of sp³-hybridized carbons (Fsp3) is 0.222. The smallest absolute Gasteiger partial charge is 0.209 e. The summed E-state index contributed by atoms with van der Waals surface area (Å²) in [5, 5.41) is 0. The van der Waals surface area contributed by atoms with Gasteiger partial charge in [0.25, 0.3) is 0 Å². The number of hydrogen-bond donors (Lipinski definition) is 0. The zero-order valence-electron chi connectivity index (χ0n) is 6.80. The average Bonchev–Trinajstić information content (AvgIpc) is 2.38. The van der Waals surface area contributed by atoms with Gasteiger partial charge in [-0.3, -0.25) is 4.79 Å². The monoisotopic (exact) mass is 184 g/mol. The van der Waals surface area contributed by atoms with Gasteiger partial charge in [0.2, 0.25) is 5.78 Å². The van der Waals surface area contributed by atoms with Crippen LogP contribution >= 0.6 is 0 Å². The highest BCUT2D eigenvalue weighted by atomic mass is 19.1. The third-order valence-corrected chi connectivity index (χ3v) is 1.97. The minimum Gasteiger partial charge on any atom is -0.479 e. The SMILES string of the molecule is CC1Oc2c(F)ccc(F)c2C1=O. The summed E-state index contributed by atoms with van der Waals surface area (Å²) in [4.78, 5) is 11.2. The van der Waals surface area contributed by atoms with E-state index in [2.05, 4.69) is 0 Å². The first-order valence-electron chi connectivity index (χ1n) is 3.80. The number of halogens is 2. The van der Waals surface area contributed by atoms with Gasteiger partial charge in [-0.1, -0.05) is 0 Å². The Morgan fingerprint density at radius 1 is 1.31 bits per heavy atom. The summed E-state index contributed by atoms with van der Waals surface area (Å²) in [7, 11) is 0. The van der Waals surface area contributed by atoms with E-state index in [1.165, 1.54) is 6.92 Å². The quantitative estimate of drug-likeness (QED) is 0.615. The number of ketones is 1. The highest BCUT2D eigenvalue weighted by Gasteiger charge is 2.34. The Hall–Kier alpha value is -1.45. The van der Waals surface area contributed by atoms with Crippen LogP contribution in [0.25, 0.3) is 0 Å². The second-order valence-electron chi connectivity index (χ2n) is 2.86. The molecule has 0 amide bonds. The van der Waals surface area contributed by atoms with Crippen molar-refractivity contribution in [3.05, 3.63) is 29.3 Å². The third kappa shape index (κ3) is 1.02. The molecule has 0 saturated carbocycles. The summed E-state index contributed by atoms with van der Waals surface area (Å²) in [5.41, 5.74) is -0.271. The van der Waals surface area contributed by atoms with Crippen LogP contribution < -0.4 is 4.74 Å². The van der Waals surface area contributed by atoms with Crippen molar-refractivity contribution in [2.75, 3.05) is 0 Å². The van der Waals surface area contributed by atoms with Gasteiger partial charge >= 0.3 is 0 Å². The van der Waals surface area contributed by atoms with Gasteiger partial charge in [0, 0.05) is 0 Å². The number of fused-ring (bicyclic) bond motifs is 1. The zero-order chi connectivity index (χ0) is 9.59. The third-order valence-electron chi connectivity index (χ3n) is 1.97. The van der Waals surface area contributed by atoms with Crippen LogP contribution in [0, 0.1) is 11.6 Å². The summed E-state index contributed by atoms with van der Waals surface area (Å²) < 4.78 is 30.9. The summed E-state index contributed by atoms with van der Waals surface area (Å²) in [6.45, 7) is 1.46. The van der Waals surface area contributed by atoms with Gasteiger partial charge in [-0.15, -0.1) is 0 Å². The van der Waals surface area contributed by atoms with E-state index in [1.54, 1.807) is 0 Å². The number of benzene rings is 1. The number of carbonyl (C=O) groups excluding carboxylic acids is 1. The molecule has 1 aliphatic heterocycles. The average molecular weight is 184 g/mol. The first-order valence-corrected chi connectivity index (χ1v) is 3.80. The van der Waals surface area contributed by atoms with E-state index < -0.39 is 23.5 Å². The van der Waals surface area contributed by atoms with Crippen LogP contribution in [-0.4, -0.2) is 11.9 Å². The van der Waals surface area contributed by atoms with E-state index in [0.29, 0.717) is 0 Å². The summed E-state index contributed by atoms with van der Waals surface area (Å²) in [6.07, 6.45) is -0.790. The molecule has 0 bridgehead atoms. The molecule has 0 aliphatic carbocycles. The van der Waals surface area contributed by atoms with Crippen molar-refractivity contribution < 1.29 is 18.3 Å². The molecule has 0 radical (unpaired) electrons. The molecule has 1 aromatic rings. The largest absolute Gasteiger partial charge is 0.479 e. The van der Waals surface area contributed by atoms with Gasteiger partial charge in [-0.25, -0.2) is 8.78 Å². The maximum Gasteiger partial charge on any atom is 0.209 e. The molecule has 0 N–H and O–H groups in total. The van der Waals surface area contributed by atoms with Crippen LogP contribution in [0.3, 0.4) is 0 Å². The van der Waals surface area contributed by atoms with Crippen molar-refractivity contribution in [3.63, 3.8) is 0 Å². The van der Waals surface area contributed by atoms with Crippen LogP contribution in [0.4, 0.5) is 8.78 Å². The molecule has 4 heteroatoms. The first-order chi connectivity index (χ1) is 6.11. The molecule has 1 unspecified atom stereocenters. The lowest BCUT2D eigenvalue weighted by molar-refractivity contribution is 0.0874.